The summed E-state index contributed by atoms with van der Waals surface area (Å²) in [7, 11) is 0. The minimum absolute atomic E-state index is 0.0420. The third-order valence-electron chi connectivity index (χ3n) is 2.28. The van der Waals surface area contributed by atoms with Gasteiger partial charge in [-0.25, -0.2) is 4.39 Å². The summed E-state index contributed by atoms with van der Waals surface area (Å²) in [4.78, 5) is 13.4. The molecule has 1 heterocycles. The monoisotopic (exact) mass is 383 g/mol. The fraction of sp³-hybridized carbons (Fsp3) is 0.300. The molecule has 0 saturated carbocycles. The van der Waals surface area contributed by atoms with Crippen molar-refractivity contribution in [2.45, 2.75) is 11.2 Å². The van der Waals surface area contributed by atoms with Gasteiger partial charge in [-0.05, 0) is 40.8 Å². The summed E-state index contributed by atoms with van der Waals surface area (Å²) < 4.78 is 14.0. The highest BCUT2D eigenvalue weighted by Crippen LogP contribution is 2.29. The molecule has 0 spiro atoms. The predicted molar refractivity (Wildman–Crippen MR) is 68.8 cm³/mol. The first kappa shape index (κ1) is 11.3. The van der Waals surface area contributed by atoms with Crippen LogP contribution < -0.4 is 4.90 Å². The number of carbonyl (C=O) groups excluding carboxylic acids is 1. The summed E-state index contributed by atoms with van der Waals surface area (Å²) in [5, 5.41) is 0. The molecule has 0 N–H and O–H groups in total. The molecule has 1 atom stereocenters. The molecule has 80 valence electrons. The van der Waals surface area contributed by atoms with Crippen molar-refractivity contribution in [3.05, 3.63) is 27.6 Å². The van der Waals surface area contributed by atoms with Crippen molar-refractivity contribution in [1.29, 1.82) is 0 Å². The minimum Gasteiger partial charge on any atom is -0.310 e. The van der Waals surface area contributed by atoms with Crippen molar-refractivity contribution in [3.63, 3.8) is 0 Å². The van der Waals surface area contributed by atoms with Crippen LogP contribution in [-0.2, 0) is 4.79 Å². The van der Waals surface area contributed by atoms with E-state index in [0.717, 1.165) is 3.57 Å². The lowest BCUT2D eigenvalue weighted by atomic mass is 10.3. The molecule has 1 aliphatic rings. The Morgan fingerprint density at radius 1 is 1.53 bits per heavy atom. The lowest BCUT2D eigenvalue weighted by molar-refractivity contribution is -0.117. The Labute approximate surface area is 109 Å². The molecule has 0 radical (unpaired) electrons. The van der Waals surface area contributed by atoms with E-state index in [4.69, 9.17) is 0 Å². The maximum absolute atomic E-state index is 13.1. The van der Waals surface area contributed by atoms with Crippen molar-refractivity contribution < 1.29 is 9.18 Å². The zero-order valence-corrected chi connectivity index (χ0v) is 11.5. The Kier molecular flexibility index (Phi) is 3.30. The van der Waals surface area contributed by atoms with Gasteiger partial charge < -0.3 is 4.90 Å². The van der Waals surface area contributed by atoms with E-state index in [1.807, 2.05) is 0 Å². The molecular formula is C10H8BrFINO. The number of alkyl halides is 1. The van der Waals surface area contributed by atoms with Crippen molar-refractivity contribution in [2.75, 3.05) is 11.4 Å². The molecule has 1 unspecified atom stereocenters. The molecule has 1 saturated heterocycles. The van der Waals surface area contributed by atoms with E-state index in [9.17, 15) is 9.18 Å². The van der Waals surface area contributed by atoms with Crippen molar-refractivity contribution >= 4 is 50.1 Å². The van der Waals surface area contributed by atoms with Gasteiger partial charge in [0.1, 0.15) is 5.82 Å². The first-order valence-electron chi connectivity index (χ1n) is 4.47. The fourth-order valence-corrected chi connectivity index (χ4v) is 2.78. The zero-order chi connectivity index (χ0) is 11.0. The second-order valence-corrected chi connectivity index (χ2v) is 5.86. The summed E-state index contributed by atoms with van der Waals surface area (Å²) in [5.41, 5.74) is 0.669. The first-order valence-corrected chi connectivity index (χ1v) is 6.47. The highest BCUT2D eigenvalue weighted by molar-refractivity contribution is 14.1. The lowest BCUT2D eigenvalue weighted by Gasteiger charge is -2.17. The number of hydrogen-bond acceptors (Lipinski definition) is 1. The van der Waals surface area contributed by atoms with Crippen LogP contribution in [-0.4, -0.2) is 17.3 Å². The maximum Gasteiger partial charge on any atom is 0.228 e. The highest BCUT2D eigenvalue weighted by atomic mass is 127. The van der Waals surface area contributed by atoms with Gasteiger partial charge in [-0.15, -0.1) is 0 Å². The quantitative estimate of drug-likeness (QED) is 0.539. The molecule has 1 fully saturated rings. The van der Waals surface area contributed by atoms with Crippen molar-refractivity contribution in [2.24, 2.45) is 0 Å². The molecule has 0 aromatic heterocycles. The second kappa shape index (κ2) is 4.37. The van der Waals surface area contributed by atoms with E-state index in [0.29, 0.717) is 18.7 Å². The van der Waals surface area contributed by atoms with Gasteiger partial charge in [0.2, 0.25) is 5.91 Å². The Balaban J connectivity index is 2.37. The number of halogens is 3. The van der Waals surface area contributed by atoms with Gasteiger partial charge in [0.25, 0.3) is 0 Å². The van der Waals surface area contributed by atoms with E-state index < -0.39 is 0 Å². The summed E-state index contributed by atoms with van der Waals surface area (Å²) in [6, 6.07) is 4.49. The zero-order valence-electron chi connectivity index (χ0n) is 7.71. The van der Waals surface area contributed by atoms with Gasteiger partial charge in [0.05, 0.1) is 5.69 Å². The topological polar surface area (TPSA) is 20.3 Å². The molecule has 1 aromatic carbocycles. The Morgan fingerprint density at radius 2 is 2.27 bits per heavy atom. The van der Waals surface area contributed by atoms with Gasteiger partial charge in [0, 0.05) is 21.4 Å². The van der Waals surface area contributed by atoms with Gasteiger partial charge in [-0.2, -0.15) is 0 Å². The van der Waals surface area contributed by atoms with Crippen LogP contribution in [0.1, 0.15) is 6.42 Å². The van der Waals surface area contributed by atoms with E-state index in [-0.39, 0.29) is 16.6 Å². The Bertz CT molecular complexity index is 412. The predicted octanol–water partition coefficient (Wildman–Crippen LogP) is 2.93. The summed E-state index contributed by atoms with van der Waals surface area (Å²) in [5.74, 6) is -0.267. The Hall–Kier alpha value is -0.170. The molecule has 0 aliphatic carbocycles. The van der Waals surface area contributed by atoms with E-state index >= 15 is 0 Å². The molecule has 0 bridgehead atoms. The Morgan fingerprint density at radius 3 is 2.87 bits per heavy atom. The van der Waals surface area contributed by atoms with Crippen molar-refractivity contribution in [3.8, 4) is 0 Å². The third kappa shape index (κ3) is 2.33. The van der Waals surface area contributed by atoms with Crippen LogP contribution >= 0.6 is 38.5 Å². The molecule has 1 aromatic rings. The number of benzene rings is 1. The molecular weight excluding hydrogens is 376 g/mol. The van der Waals surface area contributed by atoms with Gasteiger partial charge in [0.15, 0.2) is 0 Å². The van der Waals surface area contributed by atoms with E-state index in [1.54, 1.807) is 11.0 Å². The molecule has 1 amide bonds. The maximum atomic E-state index is 13.1. The molecule has 1 aliphatic heterocycles. The normalized spacial score (nSPS) is 21.1. The molecule has 2 rings (SSSR count). The smallest absolute Gasteiger partial charge is 0.228 e. The highest BCUT2D eigenvalue weighted by Gasteiger charge is 2.29. The number of carbonyl (C=O) groups is 1. The SMILES string of the molecule is O=C1CC(Br)CN1c1cc(F)ccc1I. The number of nitrogens with zero attached hydrogens (tertiary/aromatic N) is 1. The lowest BCUT2D eigenvalue weighted by Crippen LogP contribution is -2.25. The van der Waals surface area contributed by atoms with E-state index in [1.165, 1.54) is 12.1 Å². The van der Waals surface area contributed by atoms with Crippen LogP contribution in [0.4, 0.5) is 10.1 Å². The first-order chi connectivity index (χ1) is 7.08. The average Bonchev–Trinajstić information content (AvgIpc) is 2.50. The van der Waals surface area contributed by atoms with Crippen LogP contribution in [0.5, 0.6) is 0 Å². The third-order valence-corrected chi connectivity index (χ3v) is 3.80. The van der Waals surface area contributed by atoms with E-state index in [2.05, 4.69) is 38.5 Å². The summed E-state index contributed by atoms with van der Waals surface area (Å²) in [6.45, 7) is 0.609. The number of anilines is 1. The molecule has 15 heavy (non-hydrogen) atoms. The van der Waals surface area contributed by atoms with Crippen LogP contribution in [0.15, 0.2) is 18.2 Å². The van der Waals surface area contributed by atoms with Crippen LogP contribution in [0, 0.1) is 9.39 Å². The number of amides is 1. The molecule has 5 heteroatoms. The number of rotatable bonds is 1. The summed E-state index contributed by atoms with van der Waals surface area (Å²) in [6.07, 6.45) is 0.479. The van der Waals surface area contributed by atoms with Crippen LogP contribution in [0.2, 0.25) is 0 Å². The van der Waals surface area contributed by atoms with Gasteiger partial charge in [-0.1, -0.05) is 15.9 Å². The number of hydrogen-bond donors (Lipinski definition) is 0. The minimum atomic E-state index is -0.309. The average molecular weight is 384 g/mol. The molecule has 2 nitrogen and oxygen atoms in total. The van der Waals surface area contributed by atoms with Crippen LogP contribution in [0.3, 0.4) is 0 Å². The van der Waals surface area contributed by atoms with Gasteiger partial charge in [-0.3, -0.25) is 4.79 Å². The fourth-order valence-electron chi connectivity index (χ4n) is 1.59. The van der Waals surface area contributed by atoms with Crippen molar-refractivity contribution in [1.82, 2.24) is 0 Å². The summed E-state index contributed by atoms with van der Waals surface area (Å²) >= 11 is 5.51. The largest absolute Gasteiger partial charge is 0.310 e. The second-order valence-electron chi connectivity index (χ2n) is 3.40. The standard InChI is InChI=1S/C10H8BrFINO/c11-6-3-10(15)14(5-6)9-4-7(12)1-2-8(9)13/h1-2,4,6H,3,5H2. The van der Waals surface area contributed by atoms with Crippen LogP contribution in [0.25, 0.3) is 0 Å². The van der Waals surface area contributed by atoms with Gasteiger partial charge >= 0.3 is 0 Å².